The van der Waals surface area contributed by atoms with E-state index < -0.39 is 0 Å². The summed E-state index contributed by atoms with van der Waals surface area (Å²) in [5.74, 6) is 0. The fraction of sp³-hybridized carbons (Fsp3) is 0.600. The molecule has 1 radical (unpaired) electrons. The molecule has 3 nitrogen and oxygen atoms in total. The maximum absolute atomic E-state index is 9.96. The van der Waals surface area contributed by atoms with Crippen LogP contribution < -0.4 is 5.73 Å². The fourth-order valence-electron chi connectivity index (χ4n) is 0.383. The minimum atomic E-state index is 0.501. The van der Waals surface area contributed by atoms with Crippen molar-refractivity contribution in [1.29, 1.82) is 0 Å². The highest BCUT2D eigenvalue weighted by Gasteiger charge is 1.91. The Balaban J connectivity index is 3.21. The molecule has 0 aliphatic heterocycles. The van der Waals surface area contributed by atoms with E-state index in [1.807, 2.05) is 0 Å². The highest BCUT2D eigenvalue weighted by molar-refractivity contribution is 5.46. The van der Waals surface area contributed by atoms with Crippen LogP contribution in [0.15, 0.2) is 0 Å². The summed E-state index contributed by atoms with van der Waals surface area (Å²) < 4.78 is 0. The van der Waals surface area contributed by atoms with Gasteiger partial charge in [0, 0.05) is 19.6 Å². The van der Waals surface area contributed by atoms with Crippen LogP contribution in [0.1, 0.15) is 0 Å². The monoisotopic (exact) mass is 115 g/mol. The van der Waals surface area contributed by atoms with Crippen LogP contribution in [0.3, 0.4) is 0 Å². The maximum Gasteiger partial charge on any atom is 0.209 e. The van der Waals surface area contributed by atoms with E-state index in [0.29, 0.717) is 19.6 Å². The van der Waals surface area contributed by atoms with Crippen LogP contribution in [0, 0.1) is 6.92 Å². The van der Waals surface area contributed by atoms with E-state index in [1.54, 1.807) is 0 Å². The normalized spacial score (nSPS) is 8.75. The molecule has 2 N–H and O–H groups in total. The van der Waals surface area contributed by atoms with Crippen LogP contribution in [0.4, 0.5) is 0 Å². The fourth-order valence-corrected chi connectivity index (χ4v) is 0.383. The number of hydrogen-bond acceptors (Lipinski definition) is 2. The van der Waals surface area contributed by atoms with Gasteiger partial charge in [0.05, 0.1) is 0 Å². The molecule has 0 unspecified atom stereocenters. The Morgan fingerprint density at radius 3 is 2.50 bits per heavy atom. The topological polar surface area (TPSA) is 46.3 Å². The zero-order chi connectivity index (χ0) is 6.41. The van der Waals surface area contributed by atoms with Gasteiger partial charge in [0.15, 0.2) is 0 Å². The van der Waals surface area contributed by atoms with Crippen molar-refractivity contribution in [2.45, 2.75) is 0 Å². The molecule has 0 spiro atoms. The Morgan fingerprint density at radius 1 is 1.75 bits per heavy atom. The number of hydrogen-bond donors (Lipinski definition) is 1. The second kappa shape index (κ2) is 4.59. The maximum atomic E-state index is 9.96. The van der Waals surface area contributed by atoms with Crippen molar-refractivity contribution in [2.75, 3.05) is 19.6 Å². The molecule has 0 saturated heterocycles. The summed E-state index contributed by atoms with van der Waals surface area (Å²) in [6.07, 6.45) is 0.750. The molecule has 0 saturated carbocycles. The molecule has 0 fully saturated rings. The van der Waals surface area contributed by atoms with Crippen LogP contribution in [-0.4, -0.2) is 30.9 Å². The van der Waals surface area contributed by atoms with Crippen molar-refractivity contribution in [3.05, 3.63) is 6.92 Å². The van der Waals surface area contributed by atoms with E-state index in [0.717, 1.165) is 6.41 Å². The molecule has 0 atom stereocenters. The average molecular weight is 115 g/mol. The van der Waals surface area contributed by atoms with E-state index in [1.165, 1.54) is 4.90 Å². The summed E-state index contributed by atoms with van der Waals surface area (Å²) in [5, 5.41) is 0. The molecule has 0 aromatic rings. The van der Waals surface area contributed by atoms with Gasteiger partial charge in [0.2, 0.25) is 6.41 Å². The Morgan fingerprint density at radius 2 is 2.38 bits per heavy atom. The smallest absolute Gasteiger partial charge is 0.209 e. The summed E-state index contributed by atoms with van der Waals surface area (Å²) in [6, 6.07) is 0. The van der Waals surface area contributed by atoms with Gasteiger partial charge < -0.3 is 10.6 Å². The molecule has 0 bridgehead atoms. The van der Waals surface area contributed by atoms with Gasteiger partial charge in [-0.1, -0.05) is 0 Å². The van der Waals surface area contributed by atoms with Gasteiger partial charge in [-0.2, -0.15) is 0 Å². The van der Waals surface area contributed by atoms with Crippen molar-refractivity contribution in [2.24, 2.45) is 5.73 Å². The van der Waals surface area contributed by atoms with Gasteiger partial charge in [-0.05, 0) is 6.92 Å². The van der Waals surface area contributed by atoms with Crippen molar-refractivity contribution in [3.63, 3.8) is 0 Å². The van der Waals surface area contributed by atoms with Crippen LogP contribution >= 0.6 is 0 Å². The van der Waals surface area contributed by atoms with E-state index in [4.69, 9.17) is 5.73 Å². The third-order valence-corrected chi connectivity index (χ3v) is 0.853. The number of nitrogens with zero attached hydrogens (tertiary/aromatic N) is 1. The molecule has 0 rings (SSSR count). The third-order valence-electron chi connectivity index (χ3n) is 0.853. The van der Waals surface area contributed by atoms with Crippen molar-refractivity contribution >= 4 is 6.41 Å². The number of carbonyl (C=O) groups is 1. The Kier molecular flexibility index (Phi) is 4.26. The minimum absolute atomic E-state index is 0.501. The predicted molar refractivity (Wildman–Crippen MR) is 32.0 cm³/mol. The molecule has 1 amide bonds. The Labute approximate surface area is 49.5 Å². The van der Waals surface area contributed by atoms with E-state index in [-0.39, 0.29) is 0 Å². The lowest BCUT2D eigenvalue weighted by atomic mass is 10.5. The van der Waals surface area contributed by atoms with Crippen molar-refractivity contribution in [1.82, 2.24) is 4.90 Å². The summed E-state index contributed by atoms with van der Waals surface area (Å²) in [7, 11) is 0. The van der Waals surface area contributed by atoms with Crippen LogP contribution in [-0.2, 0) is 4.79 Å². The van der Waals surface area contributed by atoms with E-state index in [2.05, 4.69) is 6.92 Å². The van der Waals surface area contributed by atoms with Crippen LogP contribution in [0.2, 0.25) is 0 Å². The zero-order valence-electron chi connectivity index (χ0n) is 4.84. The summed E-state index contributed by atoms with van der Waals surface area (Å²) >= 11 is 0. The standard InChI is InChI=1S/C5H11N2O/c1-2-7(5-8)4-3-6/h5H,1-4,6H2. The number of rotatable bonds is 4. The highest BCUT2D eigenvalue weighted by atomic mass is 16.1. The Bertz CT molecular complexity index is 65.4. The molecule has 47 valence electrons. The molecule has 3 heteroatoms. The van der Waals surface area contributed by atoms with Gasteiger partial charge in [-0.3, -0.25) is 4.79 Å². The summed E-state index contributed by atoms with van der Waals surface area (Å²) in [5.41, 5.74) is 5.15. The molecule has 0 aromatic heterocycles. The lowest BCUT2D eigenvalue weighted by molar-refractivity contribution is -0.117. The molecular weight excluding hydrogens is 104 g/mol. The molecule has 0 aliphatic carbocycles. The molecular formula is C5H11N2O. The van der Waals surface area contributed by atoms with Crippen LogP contribution in [0.5, 0.6) is 0 Å². The number of amides is 1. The SMILES string of the molecule is [CH2]CN(C=O)CCN. The first-order chi connectivity index (χ1) is 3.85. The van der Waals surface area contributed by atoms with E-state index >= 15 is 0 Å². The molecule has 0 aromatic carbocycles. The van der Waals surface area contributed by atoms with Gasteiger partial charge in [0.25, 0.3) is 0 Å². The number of nitrogens with two attached hydrogens (primary N) is 1. The van der Waals surface area contributed by atoms with Crippen molar-refractivity contribution in [3.8, 4) is 0 Å². The zero-order valence-corrected chi connectivity index (χ0v) is 4.84. The predicted octanol–water partition coefficient (Wildman–Crippen LogP) is -0.762. The van der Waals surface area contributed by atoms with E-state index in [9.17, 15) is 4.79 Å². The first-order valence-electron chi connectivity index (χ1n) is 2.53. The second-order valence-electron chi connectivity index (χ2n) is 1.43. The lowest BCUT2D eigenvalue weighted by Crippen LogP contribution is -2.27. The molecule has 0 aliphatic rings. The van der Waals surface area contributed by atoms with Crippen LogP contribution in [0.25, 0.3) is 0 Å². The lowest BCUT2D eigenvalue weighted by Gasteiger charge is -2.11. The highest BCUT2D eigenvalue weighted by Crippen LogP contribution is 1.75. The third kappa shape index (κ3) is 2.58. The van der Waals surface area contributed by atoms with Gasteiger partial charge in [-0.25, -0.2) is 0 Å². The molecule has 0 heterocycles. The summed E-state index contributed by atoms with van der Waals surface area (Å²) in [4.78, 5) is 11.5. The first kappa shape index (κ1) is 7.43. The quantitative estimate of drug-likeness (QED) is 0.489. The number of carbonyl (C=O) groups excluding carboxylic acids is 1. The summed E-state index contributed by atoms with van der Waals surface area (Å²) in [6.45, 7) is 5.13. The van der Waals surface area contributed by atoms with Crippen molar-refractivity contribution < 1.29 is 4.79 Å². The average Bonchev–Trinajstić information content (AvgIpc) is 1.83. The van der Waals surface area contributed by atoms with Gasteiger partial charge in [0.1, 0.15) is 0 Å². The van der Waals surface area contributed by atoms with Gasteiger partial charge in [-0.15, -0.1) is 0 Å². The van der Waals surface area contributed by atoms with Gasteiger partial charge >= 0.3 is 0 Å². The first-order valence-corrected chi connectivity index (χ1v) is 2.53. The minimum Gasteiger partial charge on any atom is -0.344 e. The second-order valence-corrected chi connectivity index (χ2v) is 1.43. The largest absolute Gasteiger partial charge is 0.344 e. The molecule has 8 heavy (non-hydrogen) atoms. The Hall–Kier alpha value is -0.570.